The fraction of sp³-hybridized carbons (Fsp3) is 0.467. The van der Waals surface area contributed by atoms with Gasteiger partial charge < -0.3 is 11.1 Å². The first-order valence-corrected chi connectivity index (χ1v) is 8.14. The SMILES string of the molecule is Cc1cc(Br)c(F)cc1NC(=O)C1(C(N)=S)CCCCC1. The van der Waals surface area contributed by atoms with Crippen LogP contribution in [0.2, 0.25) is 0 Å². The maximum absolute atomic E-state index is 13.7. The molecule has 0 spiro atoms. The molecule has 0 radical (unpaired) electrons. The van der Waals surface area contributed by atoms with Crippen molar-refractivity contribution >= 4 is 44.7 Å². The van der Waals surface area contributed by atoms with E-state index in [0.717, 1.165) is 24.8 Å². The summed E-state index contributed by atoms with van der Waals surface area (Å²) in [6.07, 6.45) is 4.26. The molecule has 0 saturated heterocycles. The Morgan fingerprint density at radius 1 is 1.38 bits per heavy atom. The van der Waals surface area contributed by atoms with Crippen molar-refractivity contribution in [3.63, 3.8) is 0 Å². The number of rotatable bonds is 3. The molecule has 1 aromatic carbocycles. The Morgan fingerprint density at radius 2 is 2.00 bits per heavy atom. The number of nitrogens with one attached hydrogen (secondary N) is 1. The highest BCUT2D eigenvalue weighted by molar-refractivity contribution is 9.10. The predicted molar refractivity (Wildman–Crippen MR) is 89.8 cm³/mol. The van der Waals surface area contributed by atoms with Gasteiger partial charge in [0, 0.05) is 5.69 Å². The first kappa shape index (κ1) is 16.4. The molecule has 3 nitrogen and oxygen atoms in total. The Balaban J connectivity index is 2.27. The summed E-state index contributed by atoms with van der Waals surface area (Å²) in [4.78, 5) is 12.9. The molecular formula is C15H18BrFN2OS. The maximum atomic E-state index is 13.7. The van der Waals surface area contributed by atoms with Gasteiger partial charge in [0.05, 0.1) is 14.9 Å². The first-order chi connectivity index (χ1) is 9.86. The van der Waals surface area contributed by atoms with Gasteiger partial charge in [-0.2, -0.15) is 0 Å². The quantitative estimate of drug-likeness (QED) is 0.786. The Morgan fingerprint density at radius 3 is 2.57 bits per heavy atom. The van der Waals surface area contributed by atoms with Crippen LogP contribution < -0.4 is 11.1 Å². The van der Waals surface area contributed by atoms with Gasteiger partial charge in [0.15, 0.2) is 0 Å². The second kappa shape index (κ2) is 6.40. The zero-order chi connectivity index (χ0) is 15.6. The van der Waals surface area contributed by atoms with E-state index in [0.29, 0.717) is 23.0 Å². The van der Waals surface area contributed by atoms with Crippen LogP contribution in [0, 0.1) is 18.2 Å². The molecule has 0 unspecified atom stereocenters. The molecule has 2 rings (SSSR count). The molecule has 1 amide bonds. The van der Waals surface area contributed by atoms with Gasteiger partial charge in [-0.25, -0.2) is 4.39 Å². The number of amides is 1. The number of carbonyl (C=O) groups excluding carboxylic acids is 1. The minimum atomic E-state index is -0.802. The van der Waals surface area contributed by atoms with E-state index in [2.05, 4.69) is 21.2 Å². The van der Waals surface area contributed by atoms with E-state index in [1.807, 2.05) is 6.92 Å². The molecule has 1 fully saturated rings. The van der Waals surface area contributed by atoms with Crippen molar-refractivity contribution in [3.05, 3.63) is 28.0 Å². The maximum Gasteiger partial charge on any atom is 0.237 e. The van der Waals surface area contributed by atoms with Crippen molar-refractivity contribution in [2.45, 2.75) is 39.0 Å². The number of nitrogens with two attached hydrogens (primary N) is 1. The summed E-state index contributed by atoms with van der Waals surface area (Å²) in [7, 11) is 0. The number of anilines is 1. The molecule has 0 heterocycles. The minimum absolute atomic E-state index is 0.223. The lowest BCUT2D eigenvalue weighted by Crippen LogP contribution is -2.47. The third-order valence-electron chi connectivity index (χ3n) is 4.13. The number of halogens is 2. The van der Waals surface area contributed by atoms with Crippen molar-refractivity contribution < 1.29 is 9.18 Å². The third-order valence-corrected chi connectivity index (χ3v) is 5.13. The van der Waals surface area contributed by atoms with Gasteiger partial charge in [0.25, 0.3) is 0 Å². The van der Waals surface area contributed by atoms with Crippen molar-refractivity contribution in [1.82, 2.24) is 0 Å². The smallest absolute Gasteiger partial charge is 0.237 e. The van der Waals surface area contributed by atoms with Crippen LogP contribution in [0.15, 0.2) is 16.6 Å². The van der Waals surface area contributed by atoms with Gasteiger partial charge in [-0.05, 0) is 53.4 Å². The zero-order valence-electron chi connectivity index (χ0n) is 11.8. The molecule has 1 aliphatic carbocycles. The van der Waals surface area contributed by atoms with Crippen LogP contribution in [0.1, 0.15) is 37.7 Å². The number of hydrogen-bond acceptors (Lipinski definition) is 2. The summed E-state index contributed by atoms with van der Waals surface area (Å²) in [5, 5.41) is 2.80. The van der Waals surface area contributed by atoms with Crippen LogP contribution in [0.4, 0.5) is 10.1 Å². The highest BCUT2D eigenvalue weighted by atomic mass is 79.9. The van der Waals surface area contributed by atoms with E-state index in [9.17, 15) is 9.18 Å². The van der Waals surface area contributed by atoms with Gasteiger partial charge >= 0.3 is 0 Å². The second-order valence-electron chi connectivity index (χ2n) is 5.54. The lowest BCUT2D eigenvalue weighted by molar-refractivity contribution is -0.123. The summed E-state index contributed by atoms with van der Waals surface area (Å²) in [5.74, 6) is -0.636. The van der Waals surface area contributed by atoms with Crippen LogP contribution in [0.25, 0.3) is 0 Å². The molecule has 21 heavy (non-hydrogen) atoms. The number of hydrogen-bond donors (Lipinski definition) is 2. The van der Waals surface area contributed by atoms with E-state index < -0.39 is 11.2 Å². The average molecular weight is 373 g/mol. The molecule has 1 aliphatic rings. The van der Waals surface area contributed by atoms with E-state index in [-0.39, 0.29) is 10.9 Å². The Hall–Kier alpha value is -1.01. The standard InChI is InChI=1S/C15H18BrFN2OS/c1-9-7-10(16)11(17)8-12(9)19-14(20)15(13(18)21)5-3-2-4-6-15/h7-8H,2-6H2,1H3,(H2,18,21)(H,19,20). The number of thiocarbonyl (C=S) groups is 1. The molecule has 1 saturated carbocycles. The summed E-state index contributed by atoms with van der Waals surface area (Å²) < 4.78 is 14.0. The van der Waals surface area contributed by atoms with E-state index in [1.54, 1.807) is 6.07 Å². The zero-order valence-corrected chi connectivity index (χ0v) is 14.2. The van der Waals surface area contributed by atoms with Crippen LogP contribution in [0.3, 0.4) is 0 Å². The fourth-order valence-corrected chi connectivity index (χ4v) is 3.52. The summed E-state index contributed by atoms with van der Waals surface area (Å²) >= 11 is 8.26. The van der Waals surface area contributed by atoms with E-state index in [1.165, 1.54) is 6.07 Å². The van der Waals surface area contributed by atoms with Crippen LogP contribution in [0.5, 0.6) is 0 Å². The van der Waals surface area contributed by atoms with Crippen molar-refractivity contribution in [2.75, 3.05) is 5.32 Å². The Labute approximate surface area is 137 Å². The Kier molecular flexibility index (Phi) is 4.99. The van der Waals surface area contributed by atoms with Gasteiger partial charge in [-0.15, -0.1) is 0 Å². The summed E-state index contributed by atoms with van der Waals surface area (Å²) in [6, 6.07) is 2.95. The van der Waals surface area contributed by atoms with Gasteiger partial charge in [-0.1, -0.05) is 31.5 Å². The summed E-state index contributed by atoms with van der Waals surface area (Å²) in [6.45, 7) is 1.81. The molecule has 0 aromatic heterocycles. The molecular weight excluding hydrogens is 355 g/mol. The number of carbonyl (C=O) groups is 1. The fourth-order valence-electron chi connectivity index (χ4n) is 2.76. The van der Waals surface area contributed by atoms with Crippen LogP contribution in [-0.2, 0) is 4.79 Å². The minimum Gasteiger partial charge on any atom is -0.392 e. The van der Waals surface area contributed by atoms with Crippen LogP contribution in [-0.4, -0.2) is 10.9 Å². The van der Waals surface area contributed by atoms with Crippen molar-refractivity contribution in [3.8, 4) is 0 Å². The average Bonchev–Trinajstić information content (AvgIpc) is 2.45. The largest absolute Gasteiger partial charge is 0.392 e. The summed E-state index contributed by atoms with van der Waals surface area (Å²) in [5.41, 5.74) is 6.28. The molecule has 0 aliphatic heterocycles. The molecule has 0 atom stereocenters. The van der Waals surface area contributed by atoms with Gasteiger partial charge in [0.2, 0.25) is 5.91 Å². The van der Waals surface area contributed by atoms with Crippen molar-refractivity contribution in [2.24, 2.45) is 11.1 Å². The predicted octanol–water partition coefficient (Wildman–Crippen LogP) is 4.07. The first-order valence-electron chi connectivity index (χ1n) is 6.94. The number of benzene rings is 1. The lowest BCUT2D eigenvalue weighted by Gasteiger charge is -2.34. The molecule has 3 N–H and O–H groups in total. The number of aryl methyl sites for hydroxylation is 1. The van der Waals surface area contributed by atoms with Gasteiger partial charge in [-0.3, -0.25) is 4.79 Å². The van der Waals surface area contributed by atoms with Crippen LogP contribution >= 0.6 is 28.1 Å². The van der Waals surface area contributed by atoms with Gasteiger partial charge in [0.1, 0.15) is 5.82 Å². The molecule has 1 aromatic rings. The highest BCUT2D eigenvalue weighted by Crippen LogP contribution is 2.38. The second-order valence-corrected chi connectivity index (χ2v) is 6.84. The lowest BCUT2D eigenvalue weighted by atomic mass is 9.73. The van der Waals surface area contributed by atoms with Crippen molar-refractivity contribution in [1.29, 1.82) is 0 Å². The molecule has 114 valence electrons. The molecule has 0 bridgehead atoms. The highest BCUT2D eigenvalue weighted by Gasteiger charge is 2.42. The topological polar surface area (TPSA) is 55.1 Å². The third kappa shape index (κ3) is 3.26. The van der Waals surface area contributed by atoms with E-state index >= 15 is 0 Å². The normalized spacial score (nSPS) is 17.3. The monoisotopic (exact) mass is 372 g/mol. The Bertz CT molecular complexity index is 585. The molecule has 6 heteroatoms. The van der Waals surface area contributed by atoms with E-state index in [4.69, 9.17) is 18.0 Å².